The Morgan fingerprint density at radius 1 is 0.357 bits per heavy atom. The van der Waals surface area contributed by atoms with Gasteiger partial charge in [0, 0.05) is 48.8 Å². The molecule has 12 aromatic rings. The Morgan fingerprint density at radius 2 is 0.659 bits per heavy atom. The molecule has 0 saturated heterocycles. The second-order valence-electron chi connectivity index (χ2n) is 31.6. The molecule has 0 bridgehead atoms. The zero-order valence-corrected chi connectivity index (χ0v) is 87.1. The van der Waals surface area contributed by atoms with E-state index in [0.29, 0.717) is 35.5 Å². The van der Waals surface area contributed by atoms with Crippen LogP contribution in [0.4, 0.5) is 11.4 Å². The molecule has 4 saturated carbocycles. The Morgan fingerprint density at radius 3 is 0.952 bits per heavy atom. The molecule has 0 spiro atoms. The molecule has 126 heavy (non-hydrogen) atoms. The number of para-hydroxylation sites is 2. The van der Waals surface area contributed by atoms with Crippen molar-refractivity contribution in [2.75, 3.05) is 0 Å². The standard InChI is InChI=1S/C30H36N2.C23H30N2.C7H8.6C7H7.2C5H10.2CH4.4CH3.2Fe.2Hf/c1-21(2)25-16-10-17-26(22(3)4)30(25)32-29(20-23-12-6-5-7-13-23)28-19-11-18-27(31-28)24-14-8-9-15-24;1-16(2)20-12-8-13-21(17(3)4)23(20)24-15-19-11-7-14-22(25-19)18-9-5-6-10-18;7*1-7-5-3-2-4-6-7;2*1-2-4-5-3-1;;;;;;;;;;/h5-7,10-14,16-19,21-22,24,29H,8-9,15,20H2,1-4H3;7-8,11-18H,5-6,9-10H2,1-4H3;2-6H,1H3;6*2-6H,1H2;2*1-5H2;2*1H4;4*1H3;;;;/q-2;;;6*-1;;;;;4*-1;2*+2;;+4. The van der Waals surface area contributed by atoms with Crippen molar-refractivity contribution in [2.24, 2.45) is 4.99 Å². The summed E-state index contributed by atoms with van der Waals surface area (Å²) in [7, 11) is 0. The number of hydrogen-bond donors (Lipinski definition) is 0. The number of rotatable bonds is 13. The van der Waals surface area contributed by atoms with E-state index >= 15 is 0 Å². The SMILES string of the molecule is C.C.C1CCCC1.C1CCCC1.CC(C)c1cccc(C(C)C)c1N=Cc1cccc(C2CCCC2)n1.CC(C)c1cccc(C(C)C)c1[N-]C(Cc1ccccc1)c1cccc(C2[CH-]CCC2)n1.Cc1ccccc1.[CH2-]c1ccccc1.[CH2-]c1ccccc1.[CH2-]c1ccccc1.[CH2-]c1ccccc1.[CH2-]c1ccccc1.[CH2-]c1ccccc1.[CH3-].[CH3-].[CH3-].[CH3-].[Fe+2].[Fe+2].[Hf+4].[Hf]. The summed E-state index contributed by atoms with van der Waals surface area (Å²) in [6.07, 6.45) is 29.2. The molecule has 0 aliphatic heterocycles. The fraction of sp³-hybridized carbons (Fsp3) is 0.305. The molecule has 2 unspecified atom stereocenters. The Balaban J connectivity index is -0.000000457. The largest absolute Gasteiger partial charge is 4.00 e. The number of aryl methyl sites for hydroxylation is 1. The van der Waals surface area contributed by atoms with Crippen molar-refractivity contribution < 1.29 is 85.8 Å². The fourth-order valence-corrected chi connectivity index (χ4v) is 13.7. The third-order valence-corrected chi connectivity index (χ3v) is 20.3. The number of hydrogen-bond acceptors (Lipinski definition) is 3. The van der Waals surface area contributed by atoms with Gasteiger partial charge in [-0.3, -0.25) is 15.0 Å². The molecule has 2 aromatic heterocycles. The second kappa shape index (κ2) is 77.0. The number of nitrogens with zero attached hydrogens (tertiary/aromatic N) is 4. The normalized spacial score (nSPS) is 12.7. The van der Waals surface area contributed by atoms with E-state index in [1.807, 2.05) is 206 Å². The molecule has 10 aromatic carbocycles. The molecule has 0 N–H and O–H groups in total. The van der Waals surface area contributed by atoms with E-state index in [9.17, 15) is 0 Å². The van der Waals surface area contributed by atoms with E-state index in [1.165, 1.54) is 154 Å². The summed E-state index contributed by atoms with van der Waals surface area (Å²) in [4.78, 5) is 14.9. The molecule has 8 heteroatoms. The summed E-state index contributed by atoms with van der Waals surface area (Å²) in [5, 5.41) is 5.46. The first-order valence-electron chi connectivity index (χ1n) is 42.9. The zero-order chi connectivity index (χ0) is 83.2. The zero-order valence-electron chi connectivity index (χ0n) is 77.7. The van der Waals surface area contributed by atoms with E-state index in [1.54, 1.807) is 0 Å². The maximum atomic E-state index is 5.46. The van der Waals surface area contributed by atoms with Gasteiger partial charge in [0.05, 0.1) is 17.6 Å². The van der Waals surface area contributed by atoms with Crippen LogP contribution in [-0.2, 0) is 92.2 Å². The molecule has 2 heterocycles. The Kier molecular flexibility index (Phi) is 77.2. The fourth-order valence-electron chi connectivity index (χ4n) is 13.7. The average Bonchev–Trinajstić information content (AvgIpc) is 1.05. The van der Waals surface area contributed by atoms with Crippen LogP contribution in [-0.4, -0.2) is 16.2 Å². The van der Waals surface area contributed by atoms with Crippen LogP contribution < -0.4 is 0 Å². The van der Waals surface area contributed by atoms with E-state index < -0.39 is 0 Å². The third kappa shape index (κ3) is 53.7. The Labute approximate surface area is 833 Å². The van der Waals surface area contributed by atoms with Crippen LogP contribution in [0, 0.1) is 84.6 Å². The first-order chi connectivity index (χ1) is 56.3. The van der Waals surface area contributed by atoms with Gasteiger partial charge in [0.25, 0.3) is 0 Å². The topological polar surface area (TPSA) is 52.2 Å². The molecule has 4 aliphatic carbocycles. The maximum Gasteiger partial charge on any atom is 4.00 e. The molecule has 4 fully saturated rings. The molecule has 16 rings (SSSR count). The minimum Gasteiger partial charge on any atom is -0.676 e. The van der Waals surface area contributed by atoms with Gasteiger partial charge in [0.2, 0.25) is 0 Å². The van der Waals surface area contributed by atoms with Crippen molar-refractivity contribution in [3.8, 4) is 0 Å². The number of aliphatic imine (C=N–C) groups is 1. The minimum atomic E-state index is -0.00356. The maximum absolute atomic E-state index is 5.46. The summed E-state index contributed by atoms with van der Waals surface area (Å²) in [6, 6.07) is 106. The van der Waals surface area contributed by atoms with Gasteiger partial charge in [-0.05, 0) is 90.8 Å². The molecular formula is C118H156Fe2Hf2N4-4. The van der Waals surface area contributed by atoms with Crippen LogP contribution >= 0.6 is 0 Å². The number of aromatic nitrogens is 2. The van der Waals surface area contributed by atoms with Gasteiger partial charge in [-0.15, -0.1) is 84.4 Å². The van der Waals surface area contributed by atoms with Gasteiger partial charge >= 0.3 is 60.0 Å². The summed E-state index contributed by atoms with van der Waals surface area (Å²) in [6.45, 7) is 42.4. The predicted molar refractivity (Wildman–Crippen MR) is 545 cm³/mol. The predicted octanol–water partition coefficient (Wildman–Crippen LogP) is 35.7. The average molecular weight is 2100 g/mol. The summed E-state index contributed by atoms with van der Waals surface area (Å²) < 4.78 is 0. The van der Waals surface area contributed by atoms with Gasteiger partial charge in [0.15, 0.2) is 0 Å². The monoisotopic (exact) mass is 2100 g/mol. The van der Waals surface area contributed by atoms with Gasteiger partial charge in [0.1, 0.15) is 0 Å². The van der Waals surface area contributed by atoms with Crippen LogP contribution in [0.25, 0.3) is 5.32 Å². The smallest absolute Gasteiger partial charge is 0.676 e. The van der Waals surface area contributed by atoms with Crippen LogP contribution in [0.5, 0.6) is 0 Å². The van der Waals surface area contributed by atoms with Crippen LogP contribution in [0.15, 0.2) is 320 Å². The van der Waals surface area contributed by atoms with E-state index in [0.717, 1.165) is 62.6 Å². The van der Waals surface area contributed by atoms with E-state index in [4.69, 9.17) is 20.3 Å². The van der Waals surface area contributed by atoms with Crippen molar-refractivity contribution >= 4 is 17.6 Å². The molecule has 0 amide bonds. The van der Waals surface area contributed by atoms with Crippen molar-refractivity contribution in [1.29, 1.82) is 0 Å². The molecule has 676 valence electrons. The van der Waals surface area contributed by atoms with E-state index in [2.05, 4.69) is 226 Å². The minimum absolute atomic E-state index is 0. The number of benzene rings is 10. The molecule has 4 nitrogen and oxygen atoms in total. The Hall–Kier alpha value is -8.03. The van der Waals surface area contributed by atoms with Crippen molar-refractivity contribution in [1.82, 2.24) is 9.97 Å². The summed E-state index contributed by atoms with van der Waals surface area (Å²) in [5.41, 5.74) is 21.1. The van der Waals surface area contributed by atoms with E-state index in [-0.39, 0.29) is 136 Å². The van der Waals surface area contributed by atoms with Crippen molar-refractivity contribution in [2.45, 2.75) is 234 Å². The molecule has 0 radical (unpaired) electrons. The molecule has 4 aliphatic rings. The second-order valence-corrected chi connectivity index (χ2v) is 31.6. The van der Waals surface area contributed by atoms with Gasteiger partial charge in [-0.25, -0.2) is 0 Å². The molecular weight excluding hydrogens is 1940 g/mol. The van der Waals surface area contributed by atoms with Crippen LogP contribution in [0.1, 0.15) is 310 Å². The first kappa shape index (κ1) is 126. The number of pyridine rings is 2. The van der Waals surface area contributed by atoms with Crippen molar-refractivity contribution in [3.05, 3.63) is 488 Å². The van der Waals surface area contributed by atoms with Gasteiger partial charge in [-0.1, -0.05) is 328 Å². The first-order valence-corrected chi connectivity index (χ1v) is 42.9. The quantitative estimate of drug-likeness (QED) is 0.0656. The Bertz CT molecular complexity index is 4000. The molecule has 2 atom stereocenters. The summed E-state index contributed by atoms with van der Waals surface area (Å²) in [5.74, 6) is 2.91. The van der Waals surface area contributed by atoms with Crippen LogP contribution in [0.3, 0.4) is 0 Å². The van der Waals surface area contributed by atoms with Crippen molar-refractivity contribution in [3.63, 3.8) is 0 Å². The third-order valence-electron chi connectivity index (χ3n) is 20.3. The summed E-state index contributed by atoms with van der Waals surface area (Å²) >= 11 is 0. The van der Waals surface area contributed by atoms with Gasteiger partial charge < -0.3 is 41.4 Å². The van der Waals surface area contributed by atoms with Gasteiger partial charge in [-0.2, -0.15) is 154 Å². The van der Waals surface area contributed by atoms with Crippen LogP contribution in [0.2, 0.25) is 0 Å².